The first-order valence-electron chi connectivity index (χ1n) is 6.83. The van der Waals surface area contributed by atoms with Crippen molar-refractivity contribution >= 4 is 28.3 Å². The lowest BCUT2D eigenvalue weighted by Gasteiger charge is -2.24. The Morgan fingerprint density at radius 3 is 2.91 bits per heavy atom. The van der Waals surface area contributed by atoms with Gasteiger partial charge in [-0.15, -0.1) is 10.2 Å². The lowest BCUT2D eigenvalue weighted by atomic mass is 9.94. The quantitative estimate of drug-likeness (QED) is 0.924. The van der Waals surface area contributed by atoms with Crippen LogP contribution in [0.3, 0.4) is 0 Å². The second-order valence-corrected chi connectivity index (χ2v) is 6.34. The van der Waals surface area contributed by atoms with Crippen molar-refractivity contribution in [3.8, 4) is 0 Å². The van der Waals surface area contributed by atoms with E-state index in [1.807, 2.05) is 13.0 Å². The molecule has 8 heteroatoms. The zero-order valence-corrected chi connectivity index (χ0v) is 13.0. The van der Waals surface area contributed by atoms with Gasteiger partial charge in [-0.25, -0.2) is 0 Å². The van der Waals surface area contributed by atoms with Gasteiger partial charge in [0.05, 0.1) is 12.0 Å². The van der Waals surface area contributed by atoms with E-state index < -0.39 is 5.92 Å². The highest BCUT2D eigenvalue weighted by atomic mass is 32.1. The summed E-state index contributed by atoms with van der Waals surface area (Å²) in [5, 5.41) is 11.7. The van der Waals surface area contributed by atoms with Gasteiger partial charge in [0.25, 0.3) is 0 Å². The molecule has 2 atom stereocenters. The molecule has 0 spiro atoms. The van der Waals surface area contributed by atoms with Gasteiger partial charge in [0.2, 0.25) is 16.9 Å². The number of hydrogen-bond acceptors (Lipinski definition) is 6. The Bertz CT molecular complexity index is 702. The number of carbonyl (C=O) groups excluding carboxylic acids is 2. The van der Waals surface area contributed by atoms with Crippen molar-refractivity contribution < 1.29 is 9.59 Å². The molecule has 1 N–H and O–H groups in total. The van der Waals surface area contributed by atoms with Crippen molar-refractivity contribution in [1.82, 2.24) is 20.1 Å². The third kappa shape index (κ3) is 2.69. The molecule has 0 aliphatic carbocycles. The summed E-state index contributed by atoms with van der Waals surface area (Å²) >= 11 is 1.31. The number of likely N-dealkylation sites (tertiary alicyclic amines) is 1. The van der Waals surface area contributed by atoms with E-state index in [0.717, 1.165) is 10.6 Å². The minimum Gasteiger partial charge on any atom is -0.338 e. The molecule has 2 amide bonds. The molecule has 7 nitrogen and oxygen atoms in total. The highest BCUT2D eigenvalue weighted by Gasteiger charge is 2.43. The minimum absolute atomic E-state index is 0.0533. The maximum Gasteiger partial charge on any atom is 0.232 e. The number of carbonyl (C=O) groups is 2. The molecule has 1 fully saturated rings. The van der Waals surface area contributed by atoms with Crippen molar-refractivity contribution in [2.75, 3.05) is 12.4 Å². The van der Waals surface area contributed by atoms with Gasteiger partial charge in [-0.05, 0) is 18.6 Å². The van der Waals surface area contributed by atoms with Crippen LogP contribution in [0.1, 0.15) is 23.0 Å². The van der Waals surface area contributed by atoms with Crippen LogP contribution in [0.15, 0.2) is 24.5 Å². The number of nitrogens with one attached hydrogen (secondary N) is 1. The van der Waals surface area contributed by atoms with Crippen molar-refractivity contribution in [3.05, 3.63) is 35.1 Å². The zero-order chi connectivity index (χ0) is 15.7. The van der Waals surface area contributed by atoms with E-state index in [4.69, 9.17) is 0 Å². The maximum absolute atomic E-state index is 12.5. The minimum atomic E-state index is -0.467. The van der Waals surface area contributed by atoms with Gasteiger partial charge in [0.1, 0.15) is 5.01 Å². The predicted molar refractivity (Wildman–Crippen MR) is 81.1 cm³/mol. The number of anilines is 1. The number of amides is 2. The lowest BCUT2D eigenvalue weighted by molar-refractivity contribution is -0.127. The van der Waals surface area contributed by atoms with Crippen LogP contribution in [0.2, 0.25) is 0 Å². The fourth-order valence-electron chi connectivity index (χ4n) is 2.66. The Hall–Kier alpha value is -2.35. The van der Waals surface area contributed by atoms with Crippen LogP contribution in [0.25, 0.3) is 0 Å². The van der Waals surface area contributed by atoms with E-state index in [1.54, 1.807) is 30.4 Å². The summed E-state index contributed by atoms with van der Waals surface area (Å²) in [5.74, 6) is -0.740. The fourth-order valence-corrected chi connectivity index (χ4v) is 3.25. The topological polar surface area (TPSA) is 88.1 Å². The Kier molecular flexibility index (Phi) is 3.84. The van der Waals surface area contributed by atoms with Crippen LogP contribution >= 0.6 is 11.3 Å². The molecule has 1 aliphatic heterocycles. The molecule has 1 aliphatic rings. The van der Waals surface area contributed by atoms with Gasteiger partial charge in [-0.2, -0.15) is 0 Å². The molecule has 22 heavy (non-hydrogen) atoms. The molecule has 0 bridgehead atoms. The molecule has 0 radical (unpaired) electrons. The smallest absolute Gasteiger partial charge is 0.232 e. The van der Waals surface area contributed by atoms with Crippen LogP contribution in [-0.2, 0) is 9.59 Å². The molecule has 3 heterocycles. The third-order valence-corrected chi connectivity index (χ3v) is 4.46. The first kappa shape index (κ1) is 14.6. The van der Waals surface area contributed by atoms with Gasteiger partial charge < -0.3 is 10.2 Å². The van der Waals surface area contributed by atoms with Crippen LogP contribution in [0.4, 0.5) is 5.13 Å². The number of aromatic nitrogens is 3. The molecular formula is C14H15N5O2S. The number of pyridine rings is 1. The summed E-state index contributed by atoms with van der Waals surface area (Å²) in [5.41, 5.74) is 0.851. The molecule has 114 valence electrons. The Morgan fingerprint density at radius 1 is 1.45 bits per heavy atom. The van der Waals surface area contributed by atoms with Crippen molar-refractivity contribution in [2.45, 2.75) is 19.4 Å². The average molecular weight is 317 g/mol. The first-order chi connectivity index (χ1) is 10.6. The van der Waals surface area contributed by atoms with E-state index in [1.165, 1.54) is 11.3 Å². The van der Waals surface area contributed by atoms with Crippen LogP contribution in [0, 0.1) is 12.8 Å². The molecule has 0 aromatic carbocycles. The Morgan fingerprint density at radius 2 is 2.27 bits per heavy atom. The molecule has 1 saturated heterocycles. The Balaban J connectivity index is 1.84. The van der Waals surface area contributed by atoms with E-state index in [2.05, 4.69) is 20.5 Å². The third-order valence-electron chi connectivity index (χ3n) is 3.71. The highest BCUT2D eigenvalue weighted by Crippen LogP contribution is 2.37. The first-order valence-corrected chi connectivity index (χ1v) is 7.64. The average Bonchev–Trinajstić information content (AvgIpc) is 3.04. The second kappa shape index (κ2) is 5.80. The highest BCUT2D eigenvalue weighted by molar-refractivity contribution is 7.15. The predicted octanol–water partition coefficient (Wildman–Crippen LogP) is 1.40. The molecular weight excluding hydrogens is 302 g/mol. The Labute approximate surface area is 131 Å². The van der Waals surface area contributed by atoms with Crippen LogP contribution in [-0.4, -0.2) is 38.9 Å². The van der Waals surface area contributed by atoms with Gasteiger partial charge in [-0.3, -0.25) is 14.6 Å². The molecule has 0 saturated carbocycles. The van der Waals surface area contributed by atoms with Gasteiger partial charge in [0.15, 0.2) is 0 Å². The second-order valence-electron chi connectivity index (χ2n) is 5.16. The summed E-state index contributed by atoms with van der Waals surface area (Å²) in [6.45, 7) is 1.82. The normalized spacial score (nSPS) is 21.2. The molecule has 0 unspecified atom stereocenters. The number of aryl methyl sites for hydroxylation is 1. The molecule has 2 aromatic heterocycles. The van der Waals surface area contributed by atoms with E-state index in [-0.39, 0.29) is 24.3 Å². The number of nitrogens with zero attached hydrogens (tertiary/aromatic N) is 4. The zero-order valence-electron chi connectivity index (χ0n) is 12.2. The van der Waals surface area contributed by atoms with Crippen molar-refractivity contribution in [2.24, 2.45) is 5.92 Å². The summed E-state index contributed by atoms with van der Waals surface area (Å²) in [4.78, 5) is 30.2. The van der Waals surface area contributed by atoms with E-state index >= 15 is 0 Å². The fraction of sp³-hybridized carbons (Fsp3) is 0.357. The van der Waals surface area contributed by atoms with E-state index in [0.29, 0.717) is 5.13 Å². The molecule has 2 aromatic rings. The van der Waals surface area contributed by atoms with Gasteiger partial charge in [0, 0.05) is 25.9 Å². The summed E-state index contributed by atoms with van der Waals surface area (Å²) < 4.78 is 0. The molecule has 3 rings (SSSR count). The SMILES string of the molecule is Cc1nnc(NC(=O)[C@@H]2CC(=O)N(C)[C@H]2c2cccnc2)s1. The van der Waals surface area contributed by atoms with Gasteiger partial charge >= 0.3 is 0 Å². The summed E-state index contributed by atoms with van der Waals surface area (Å²) in [7, 11) is 1.71. The number of hydrogen-bond donors (Lipinski definition) is 1. The maximum atomic E-state index is 12.5. The lowest BCUT2D eigenvalue weighted by Crippen LogP contribution is -2.30. The standard InChI is InChI=1S/C14H15N5O2S/c1-8-17-18-14(22-8)16-13(21)10-6-11(20)19(2)12(10)9-4-3-5-15-7-9/h3-5,7,10,12H,6H2,1-2H3,(H,16,18,21)/t10-,12+/m1/s1. The van der Waals surface area contributed by atoms with E-state index in [9.17, 15) is 9.59 Å². The van der Waals surface area contributed by atoms with Gasteiger partial charge in [-0.1, -0.05) is 17.4 Å². The summed E-state index contributed by atoms with van der Waals surface area (Å²) in [6.07, 6.45) is 3.54. The largest absolute Gasteiger partial charge is 0.338 e. The number of rotatable bonds is 3. The van der Waals surface area contributed by atoms with Crippen LogP contribution in [0.5, 0.6) is 0 Å². The van der Waals surface area contributed by atoms with Crippen LogP contribution < -0.4 is 5.32 Å². The summed E-state index contributed by atoms with van der Waals surface area (Å²) in [6, 6.07) is 3.37. The van der Waals surface area contributed by atoms with Crippen molar-refractivity contribution in [1.29, 1.82) is 0 Å². The monoisotopic (exact) mass is 317 g/mol. The van der Waals surface area contributed by atoms with Crippen molar-refractivity contribution in [3.63, 3.8) is 0 Å².